The summed E-state index contributed by atoms with van der Waals surface area (Å²) in [6.45, 7) is 4.14. The van der Waals surface area contributed by atoms with Gasteiger partial charge in [0, 0.05) is 10.4 Å². The first-order chi connectivity index (χ1) is 12.7. The zero-order valence-corrected chi connectivity index (χ0v) is 15.5. The van der Waals surface area contributed by atoms with E-state index in [4.69, 9.17) is 9.72 Å². The monoisotopic (exact) mass is 366 g/mol. The Hall–Kier alpha value is -3.00. The highest BCUT2D eigenvalue weighted by atomic mass is 32.1. The summed E-state index contributed by atoms with van der Waals surface area (Å²) in [5.41, 5.74) is 2.81. The molecule has 0 fully saturated rings. The number of aromatic amines is 1. The van der Waals surface area contributed by atoms with E-state index in [0.29, 0.717) is 0 Å². The molecule has 8 heteroatoms. The molecule has 0 aliphatic rings. The summed E-state index contributed by atoms with van der Waals surface area (Å²) in [5.74, 6) is 1.60. The standard InChI is InChI=1S/C18H18N6OS/c1-10(22-16-14-8-21-24-17(14)20-9-19-16)15-11(2)23-18(26-15)12-4-6-13(25-3)7-5-12/h4-10H,1-3H3,(H2,19,20,21,22,24). The van der Waals surface area contributed by atoms with Gasteiger partial charge >= 0.3 is 0 Å². The molecule has 7 nitrogen and oxygen atoms in total. The Balaban J connectivity index is 1.61. The van der Waals surface area contributed by atoms with Crippen molar-refractivity contribution in [1.82, 2.24) is 25.1 Å². The topological polar surface area (TPSA) is 88.6 Å². The maximum atomic E-state index is 5.22. The molecule has 132 valence electrons. The van der Waals surface area contributed by atoms with Crippen molar-refractivity contribution in [3.8, 4) is 16.3 Å². The fourth-order valence-electron chi connectivity index (χ4n) is 2.82. The summed E-state index contributed by atoms with van der Waals surface area (Å²) in [7, 11) is 1.66. The van der Waals surface area contributed by atoms with Crippen molar-refractivity contribution in [2.45, 2.75) is 19.9 Å². The third-order valence-electron chi connectivity index (χ3n) is 4.16. The Bertz CT molecular complexity index is 1040. The number of fused-ring (bicyclic) bond motifs is 1. The summed E-state index contributed by atoms with van der Waals surface area (Å²) in [5, 5.41) is 12.2. The third-order valence-corrected chi connectivity index (χ3v) is 5.55. The van der Waals surface area contributed by atoms with Gasteiger partial charge in [-0.15, -0.1) is 11.3 Å². The van der Waals surface area contributed by atoms with Crippen LogP contribution in [-0.2, 0) is 0 Å². The highest BCUT2D eigenvalue weighted by molar-refractivity contribution is 7.15. The molecule has 0 aliphatic carbocycles. The fraction of sp³-hybridized carbons (Fsp3) is 0.222. The molecular formula is C18H18N6OS. The fourth-order valence-corrected chi connectivity index (χ4v) is 3.89. The molecule has 1 unspecified atom stereocenters. The summed E-state index contributed by atoms with van der Waals surface area (Å²) in [4.78, 5) is 14.4. The molecule has 0 bridgehead atoms. The van der Waals surface area contributed by atoms with Crippen molar-refractivity contribution in [1.29, 1.82) is 0 Å². The van der Waals surface area contributed by atoms with E-state index in [0.717, 1.165) is 38.9 Å². The normalized spacial score (nSPS) is 12.3. The van der Waals surface area contributed by atoms with Gasteiger partial charge in [0.05, 0.1) is 30.4 Å². The number of hydrogen-bond donors (Lipinski definition) is 2. The van der Waals surface area contributed by atoms with Crippen molar-refractivity contribution in [2.24, 2.45) is 0 Å². The van der Waals surface area contributed by atoms with Crippen LogP contribution in [0.15, 0.2) is 36.8 Å². The average molecular weight is 366 g/mol. The molecule has 3 heterocycles. The molecule has 2 N–H and O–H groups in total. The van der Waals surface area contributed by atoms with E-state index in [1.165, 1.54) is 11.2 Å². The molecule has 0 saturated carbocycles. The predicted octanol–water partition coefficient (Wildman–Crippen LogP) is 3.97. The number of anilines is 1. The molecule has 26 heavy (non-hydrogen) atoms. The SMILES string of the molecule is COc1ccc(-c2nc(C)c(C(C)Nc3ncnc4[nH]ncc34)s2)cc1. The first-order valence-electron chi connectivity index (χ1n) is 8.18. The van der Waals surface area contributed by atoms with Crippen LogP contribution in [0.2, 0.25) is 0 Å². The Morgan fingerprint density at radius 1 is 1.19 bits per heavy atom. The molecule has 0 radical (unpaired) electrons. The van der Waals surface area contributed by atoms with E-state index >= 15 is 0 Å². The van der Waals surface area contributed by atoms with Crippen LogP contribution in [0.3, 0.4) is 0 Å². The highest BCUT2D eigenvalue weighted by Gasteiger charge is 2.17. The largest absolute Gasteiger partial charge is 0.497 e. The number of methoxy groups -OCH3 is 1. The lowest BCUT2D eigenvalue weighted by molar-refractivity contribution is 0.415. The second-order valence-electron chi connectivity index (χ2n) is 5.92. The van der Waals surface area contributed by atoms with Crippen LogP contribution in [0, 0.1) is 6.92 Å². The molecule has 1 atom stereocenters. The molecular weight excluding hydrogens is 348 g/mol. The van der Waals surface area contributed by atoms with Crippen molar-refractivity contribution in [3.63, 3.8) is 0 Å². The van der Waals surface area contributed by atoms with Gasteiger partial charge in [-0.05, 0) is 38.1 Å². The minimum absolute atomic E-state index is 0.0625. The van der Waals surface area contributed by atoms with Crippen LogP contribution < -0.4 is 10.1 Å². The van der Waals surface area contributed by atoms with Gasteiger partial charge in [-0.1, -0.05) is 0 Å². The Morgan fingerprint density at radius 3 is 2.77 bits per heavy atom. The maximum absolute atomic E-state index is 5.22. The van der Waals surface area contributed by atoms with Crippen molar-refractivity contribution in [3.05, 3.63) is 47.4 Å². The molecule has 0 aliphatic heterocycles. The number of hydrogen-bond acceptors (Lipinski definition) is 7. The van der Waals surface area contributed by atoms with Crippen LogP contribution >= 0.6 is 11.3 Å². The summed E-state index contributed by atoms with van der Waals surface area (Å²) in [6, 6.07) is 8.01. The van der Waals surface area contributed by atoms with Gasteiger partial charge in [0.1, 0.15) is 22.9 Å². The van der Waals surface area contributed by atoms with E-state index < -0.39 is 0 Å². The highest BCUT2D eigenvalue weighted by Crippen LogP contribution is 2.34. The molecule has 0 spiro atoms. The predicted molar refractivity (Wildman–Crippen MR) is 103 cm³/mol. The molecule has 4 rings (SSSR count). The first kappa shape index (κ1) is 16.5. The van der Waals surface area contributed by atoms with Gasteiger partial charge in [0.25, 0.3) is 0 Å². The number of rotatable bonds is 5. The van der Waals surface area contributed by atoms with E-state index in [1.807, 2.05) is 31.2 Å². The number of H-pyrrole nitrogens is 1. The van der Waals surface area contributed by atoms with Crippen LogP contribution in [0.5, 0.6) is 5.75 Å². The van der Waals surface area contributed by atoms with E-state index in [1.54, 1.807) is 24.6 Å². The lowest BCUT2D eigenvalue weighted by atomic mass is 10.2. The van der Waals surface area contributed by atoms with E-state index in [-0.39, 0.29) is 6.04 Å². The lowest BCUT2D eigenvalue weighted by Gasteiger charge is -2.13. The Kier molecular flexibility index (Phi) is 4.26. The van der Waals surface area contributed by atoms with E-state index in [9.17, 15) is 0 Å². The zero-order chi connectivity index (χ0) is 18.1. The number of aromatic nitrogens is 5. The second-order valence-corrected chi connectivity index (χ2v) is 6.95. The average Bonchev–Trinajstić information content (AvgIpc) is 3.29. The zero-order valence-electron chi connectivity index (χ0n) is 14.6. The van der Waals surface area contributed by atoms with Crippen molar-refractivity contribution < 1.29 is 4.74 Å². The summed E-state index contributed by atoms with van der Waals surface area (Å²) >= 11 is 1.68. The van der Waals surface area contributed by atoms with Gasteiger partial charge < -0.3 is 10.1 Å². The quantitative estimate of drug-likeness (QED) is 0.556. The van der Waals surface area contributed by atoms with Crippen molar-refractivity contribution >= 4 is 28.2 Å². The van der Waals surface area contributed by atoms with Gasteiger partial charge in [-0.2, -0.15) is 5.10 Å². The molecule has 1 aromatic carbocycles. The molecule has 3 aromatic heterocycles. The van der Waals surface area contributed by atoms with Crippen LogP contribution in [0.25, 0.3) is 21.6 Å². The van der Waals surface area contributed by atoms with Gasteiger partial charge in [-0.3, -0.25) is 5.10 Å². The van der Waals surface area contributed by atoms with E-state index in [2.05, 4.69) is 32.4 Å². The minimum atomic E-state index is 0.0625. The number of nitrogens with one attached hydrogen (secondary N) is 2. The number of ether oxygens (including phenoxy) is 1. The number of aryl methyl sites for hydroxylation is 1. The summed E-state index contributed by atoms with van der Waals surface area (Å²) < 4.78 is 5.22. The van der Waals surface area contributed by atoms with Crippen molar-refractivity contribution in [2.75, 3.05) is 12.4 Å². The molecule has 0 amide bonds. The first-order valence-corrected chi connectivity index (χ1v) is 8.99. The minimum Gasteiger partial charge on any atom is -0.497 e. The molecule has 0 saturated heterocycles. The van der Waals surface area contributed by atoms with Crippen LogP contribution in [0.1, 0.15) is 23.5 Å². The molecule has 4 aromatic rings. The van der Waals surface area contributed by atoms with Crippen LogP contribution in [-0.4, -0.2) is 32.3 Å². The number of nitrogens with zero attached hydrogens (tertiary/aromatic N) is 4. The lowest BCUT2D eigenvalue weighted by Crippen LogP contribution is -2.08. The van der Waals surface area contributed by atoms with Gasteiger partial charge in [-0.25, -0.2) is 15.0 Å². The number of thiazole rings is 1. The summed E-state index contributed by atoms with van der Waals surface area (Å²) in [6.07, 6.45) is 3.25. The Morgan fingerprint density at radius 2 is 2.00 bits per heavy atom. The van der Waals surface area contributed by atoms with Gasteiger partial charge in [0.15, 0.2) is 5.65 Å². The maximum Gasteiger partial charge on any atom is 0.160 e. The Labute approximate surface area is 154 Å². The second kappa shape index (κ2) is 6.72. The smallest absolute Gasteiger partial charge is 0.160 e. The number of benzene rings is 1. The van der Waals surface area contributed by atoms with Gasteiger partial charge in [0.2, 0.25) is 0 Å². The van der Waals surface area contributed by atoms with Crippen LogP contribution in [0.4, 0.5) is 5.82 Å². The third kappa shape index (κ3) is 2.99.